The molecule has 0 N–H and O–H groups in total. The average molecular weight is 332 g/mol. The predicted octanol–water partition coefficient (Wildman–Crippen LogP) is 2.74. The third-order valence-corrected chi connectivity index (χ3v) is 3.99. The average Bonchev–Trinajstić information content (AvgIpc) is 2.58. The summed E-state index contributed by atoms with van der Waals surface area (Å²) in [4.78, 5) is 22.4. The summed E-state index contributed by atoms with van der Waals surface area (Å²) in [6.07, 6.45) is 5.16. The molecular formula is C17H18ClN3O2. The fraction of sp³-hybridized carbons (Fsp3) is 0.353. The van der Waals surface area contributed by atoms with Crippen LogP contribution in [0, 0.1) is 0 Å². The zero-order valence-electron chi connectivity index (χ0n) is 12.7. The fourth-order valence-corrected chi connectivity index (χ4v) is 2.75. The van der Waals surface area contributed by atoms with E-state index in [1.54, 1.807) is 0 Å². The summed E-state index contributed by atoms with van der Waals surface area (Å²) in [5.74, 6) is 0.126. The molecule has 1 aliphatic rings. The van der Waals surface area contributed by atoms with Gasteiger partial charge in [0.2, 0.25) is 5.91 Å². The Balaban J connectivity index is 1.57. The van der Waals surface area contributed by atoms with Gasteiger partial charge >= 0.3 is 6.01 Å². The molecule has 0 saturated carbocycles. The highest BCUT2D eigenvalue weighted by Gasteiger charge is 2.25. The molecule has 0 radical (unpaired) electrons. The van der Waals surface area contributed by atoms with Gasteiger partial charge in [-0.05, 0) is 18.4 Å². The Morgan fingerprint density at radius 1 is 1.26 bits per heavy atom. The van der Waals surface area contributed by atoms with Crippen molar-refractivity contribution in [3.05, 3.63) is 53.3 Å². The number of nitrogens with zero attached hydrogens (tertiary/aromatic N) is 3. The molecule has 1 atom stereocenters. The Morgan fingerprint density at radius 2 is 2.00 bits per heavy atom. The van der Waals surface area contributed by atoms with Gasteiger partial charge in [0, 0.05) is 6.54 Å². The monoisotopic (exact) mass is 331 g/mol. The molecule has 23 heavy (non-hydrogen) atoms. The standard InChI is InChI=1S/C17H18ClN3O2/c18-14-10-19-17(20-11-14)23-15-7-4-8-21(12-15)16(22)9-13-5-2-1-3-6-13/h1-3,5-6,10-11,15H,4,7-9,12H2. The van der Waals surface area contributed by atoms with Gasteiger partial charge in [0.25, 0.3) is 0 Å². The van der Waals surface area contributed by atoms with Crippen LogP contribution in [0.25, 0.3) is 0 Å². The van der Waals surface area contributed by atoms with E-state index < -0.39 is 0 Å². The zero-order chi connectivity index (χ0) is 16.1. The van der Waals surface area contributed by atoms with Crippen molar-refractivity contribution >= 4 is 17.5 Å². The summed E-state index contributed by atoms with van der Waals surface area (Å²) in [7, 11) is 0. The molecule has 2 heterocycles. The molecule has 0 bridgehead atoms. The molecule has 0 aliphatic carbocycles. The molecule has 120 valence electrons. The van der Waals surface area contributed by atoms with E-state index in [1.807, 2.05) is 35.2 Å². The molecule has 1 aliphatic heterocycles. The molecule has 1 amide bonds. The molecule has 3 rings (SSSR count). The number of rotatable bonds is 4. The first kappa shape index (κ1) is 15.7. The molecule has 0 spiro atoms. The minimum absolute atomic E-state index is 0.0790. The van der Waals surface area contributed by atoms with E-state index in [0.29, 0.717) is 24.0 Å². The first-order valence-corrected chi connectivity index (χ1v) is 8.04. The molecule has 5 nitrogen and oxygen atoms in total. The number of carbonyl (C=O) groups excluding carboxylic acids is 1. The second kappa shape index (κ2) is 7.42. The number of piperidine rings is 1. The van der Waals surface area contributed by atoms with Crippen LogP contribution in [0.15, 0.2) is 42.7 Å². The first-order chi connectivity index (χ1) is 11.2. The van der Waals surface area contributed by atoms with E-state index in [2.05, 4.69) is 9.97 Å². The van der Waals surface area contributed by atoms with Crippen LogP contribution in [-0.4, -0.2) is 40.0 Å². The SMILES string of the molecule is O=C(Cc1ccccc1)N1CCCC(Oc2ncc(Cl)cn2)C1. The third-order valence-electron chi connectivity index (χ3n) is 3.80. The maximum absolute atomic E-state index is 12.4. The van der Waals surface area contributed by atoms with Crippen molar-refractivity contribution in [2.45, 2.75) is 25.4 Å². The smallest absolute Gasteiger partial charge is 0.316 e. The van der Waals surface area contributed by atoms with Crippen LogP contribution in [0.4, 0.5) is 0 Å². The third kappa shape index (κ3) is 4.42. The van der Waals surface area contributed by atoms with E-state index in [4.69, 9.17) is 16.3 Å². The van der Waals surface area contributed by atoms with Gasteiger partial charge in [-0.15, -0.1) is 0 Å². The van der Waals surface area contributed by atoms with Crippen molar-refractivity contribution in [2.24, 2.45) is 0 Å². The fourth-order valence-electron chi connectivity index (χ4n) is 2.65. The van der Waals surface area contributed by atoms with Gasteiger partial charge in [-0.25, -0.2) is 9.97 Å². The summed E-state index contributed by atoms with van der Waals surface area (Å²) in [6.45, 7) is 1.34. The summed E-state index contributed by atoms with van der Waals surface area (Å²) >= 11 is 5.76. The highest BCUT2D eigenvalue weighted by molar-refractivity contribution is 6.30. The Labute approximate surface area is 140 Å². The lowest BCUT2D eigenvalue weighted by molar-refractivity contribution is -0.133. The van der Waals surface area contributed by atoms with Gasteiger partial charge in [0.1, 0.15) is 6.10 Å². The number of hydrogen-bond donors (Lipinski definition) is 0. The lowest BCUT2D eigenvalue weighted by atomic mass is 10.1. The molecule has 1 unspecified atom stereocenters. The summed E-state index contributed by atoms with van der Waals surface area (Å²) in [6, 6.07) is 10.1. The molecule has 1 fully saturated rings. The van der Waals surface area contributed by atoms with Crippen molar-refractivity contribution in [3.63, 3.8) is 0 Å². The lowest BCUT2D eigenvalue weighted by Gasteiger charge is -2.32. The Hall–Kier alpha value is -2.14. The number of carbonyl (C=O) groups is 1. The second-order valence-electron chi connectivity index (χ2n) is 5.57. The number of benzene rings is 1. The first-order valence-electron chi connectivity index (χ1n) is 7.66. The maximum atomic E-state index is 12.4. The van der Waals surface area contributed by atoms with Crippen LogP contribution in [0.3, 0.4) is 0 Å². The summed E-state index contributed by atoms with van der Waals surface area (Å²) < 4.78 is 5.77. The van der Waals surface area contributed by atoms with E-state index in [1.165, 1.54) is 12.4 Å². The van der Waals surface area contributed by atoms with E-state index in [0.717, 1.165) is 24.9 Å². The number of hydrogen-bond acceptors (Lipinski definition) is 4. The van der Waals surface area contributed by atoms with E-state index >= 15 is 0 Å². The zero-order valence-corrected chi connectivity index (χ0v) is 13.4. The topological polar surface area (TPSA) is 55.3 Å². The van der Waals surface area contributed by atoms with Gasteiger partial charge in [-0.3, -0.25) is 4.79 Å². The van der Waals surface area contributed by atoms with Crippen LogP contribution in [0.1, 0.15) is 18.4 Å². The Kier molecular flexibility index (Phi) is 5.08. The van der Waals surface area contributed by atoms with Gasteiger partial charge < -0.3 is 9.64 Å². The van der Waals surface area contributed by atoms with Crippen molar-refractivity contribution < 1.29 is 9.53 Å². The van der Waals surface area contributed by atoms with Crippen molar-refractivity contribution in [2.75, 3.05) is 13.1 Å². The number of ether oxygens (including phenoxy) is 1. The predicted molar refractivity (Wildman–Crippen MR) is 87.4 cm³/mol. The van der Waals surface area contributed by atoms with Gasteiger partial charge in [-0.1, -0.05) is 41.9 Å². The highest BCUT2D eigenvalue weighted by Crippen LogP contribution is 2.17. The highest BCUT2D eigenvalue weighted by atomic mass is 35.5. The Bertz CT molecular complexity index is 649. The van der Waals surface area contributed by atoms with Crippen LogP contribution >= 0.6 is 11.6 Å². The van der Waals surface area contributed by atoms with Crippen LogP contribution in [-0.2, 0) is 11.2 Å². The second-order valence-corrected chi connectivity index (χ2v) is 6.00. The minimum atomic E-state index is -0.0790. The number of likely N-dealkylation sites (tertiary alicyclic amines) is 1. The number of aromatic nitrogens is 2. The molecule has 1 aromatic heterocycles. The van der Waals surface area contributed by atoms with E-state index in [9.17, 15) is 4.79 Å². The molecule has 2 aromatic rings. The van der Waals surface area contributed by atoms with Gasteiger partial charge in [0.15, 0.2) is 0 Å². The summed E-state index contributed by atoms with van der Waals surface area (Å²) in [5.41, 5.74) is 1.03. The molecule has 1 saturated heterocycles. The molecule has 1 aromatic carbocycles. The van der Waals surface area contributed by atoms with E-state index in [-0.39, 0.29) is 12.0 Å². The van der Waals surface area contributed by atoms with Crippen LogP contribution < -0.4 is 4.74 Å². The van der Waals surface area contributed by atoms with Gasteiger partial charge in [-0.2, -0.15) is 0 Å². The maximum Gasteiger partial charge on any atom is 0.316 e. The van der Waals surface area contributed by atoms with Crippen molar-refractivity contribution in [1.29, 1.82) is 0 Å². The lowest BCUT2D eigenvalue weighted by Crippen LogP contribution is -2.45. The summed E-state index contributed by atoms with van der Waals surface area (Å²) in [5, 5.41) is 0.473. The van der Waals surface area contributed by atoms with Crippen molar-refractivity contribution in [3.8, 4) is 6.01 Å². The molecule has 6 heteroatoms. The van der Waals surface area contributed by atoms with Crippen LogP contribution in [0.2, 0.25) is 5.02 Å². The minimum Gasteiger partial charge on any atom is -0.458 e. The largest absolute Gasteiger partial charge is 0.458 e. The van der Waals surface area contributed by atoms with Gasteiger partial charge in [0.05, 0.1) is 30.4 Å². The molecular weight excluding hydrogens is 314 g/mol. The van der Waals surface area contributed by atoms with Crippen LogP contribution in [0.5, 0.6) is 6.01 Å². The number of amides is 1. The quantitative estimate of drug-likeness (QED) is 0.864. The number of halogens is 1. The normalized spacial score (nSPS) is 17.8. The Morgan fingerprint density at radius 3 is 2.74 bits per heavy atom. The van der Waals surface area contributed by atoms with Crippen molar-refractivity contribution in [1.82, 2.24) is 14.9 Å².